The summed E-state index contributed by atoms with van der Waals surface area (Å²) in [5.41, 5.74) is 0.779. The van der Waals surface area contributed by atoms with E-state index in [1.807, 2.05) is 12.1 Å². The quantitative estimate of drug-likeness (QED) is 0.475. The number of thiocarbonyl (C=S) groups is 1. The molecule has 0 saturated carbocycles. The van der Waals surface area contributed by atoms with Crippen molar-refractivity contribution in [3.8, 4) is 0 Å². The first-order valence-electron chi connectivity index (χ1n) is 6.65. The zero-order chi connectivity index (χ0) is 15.2. The Labute approximate surface area is 127 Å². The number of aryl methyl sites for hydroxylation is 1. The monoisotopic (exact) mass is 312 g/mol. The second-order valence-corrected chi connectivity index (χ2v) is 5.07. The molecule has 21 heavy (non-hydrogen) atoms. The number of carbonyl (C=O) groups is 1. The lowest BCUT2D eigenvalue weighted by molar-refractivity contribution is -0.139. The van der Waals surface area contributed by atoms with Gasteiger partial charge < -0.3 is 19.8 Å². The lowest BCUT2D eigenvalue weighted by Gasteiger charge is -2.27. The summed E-state index contributed by atoms with van der Waals surface area (Å²) in [5, 5.41) is 5.83. The van der Waals surface area contributed by atoms with E-state index in [2.05, 4.69) is 10.6 Å². The highest BCUT2D eigenvalue weighted by Gasteiger charge is 2.29. The van der Waals surface area contributed by atoms with Crippen molar-refractivity contribution < 1.29 is 18.3 Å². The van der Waals surface area contributed by atoms with E-state index in [1.165, 1.54) is 0 Å². The molecule has 5 nitrogen and oxygen atoms in total. The van der Waals surface area contributed by atoms with Gasteiger partial charge in [0.1, 0.15) is 12.4 Å². The Hall–Kier alpha value is -1.89. The first-order chi connectivity index (χ1) is 10.1. The Bertz CT molecular complexity index is 542. The highest BCUT2D eigenvalue weighted by molar-refractivity contribution is 7.80. The van der Waals surface area contributed by atoms with Gasteiger partial charge in [0.05, 0.1) is 24.5 Å². The van der Waals surface area contributed by atoms with Crippen molar-refractivity contribution in [1.29, 1.82) is 0 Å². The van der Waals surface area contributed by atoms with Gasteiger partial charge in [0, 0.05) is 12.1 Å². The Kier molecular flexibility index (Phi) is 5.32. The fourth-order valence-corrected chi connectivity index (χ4v) is 2.42. The molecule has 114 valence electrons. The lowest BCUT2D eigenvalue weighted by atomic mass is 10.0. The molecule has 7 heteroatoms. The molecule has 1 aliphatic rings. The predicted octanol–water partition coefficient (Wildman–Crippen LogP) is 1.85. The van der Waals surface area contributed by atoms with Gasteiger partial charge in [-0.15, -0.1) is 0 Å². The first-order valence-corrected chi connectivity index (χ1v) is 7.06. The number of nitrogens with one attached hydrogen (secondary N) is 2. The normalized spacial score (nSPS) is 18.2. The van der Waals surface area contributed by atoms with Crippen molar-refractivity contribution in [3.05, 3.63) is 35.4 Å². The molecule has 0 radical (unpaired) electrons. The van der Waals surface area contributed by atoms with Crippen LogP contribution in [0.4, 0.5) is 4.39 Å². The van der Waals surface area contributed by atoms with Crippen LogP contribution in [-0.4, -0.2) is 30.4 Å². The molecule has 1 unspecified atom stereocenters. The lowest BCUT2D eigenvalue weighted by Crippen LogP contribution is -2.50. The number of alkyl halides is 1. The molecular formula is C14H17FN2O3S. The fourth-order valence-electron chi connectivity index (χ4n) is 2.12. The third-order valence-electron chi connectivity index (χ3n) is 3.11. The van der Waals surface area contributed by atoms with Crippen molar-refractivity contribution >= 4 is 23.3 Å². The fraction of sp³-hybridized carbons (Fsp3) is 0.429. The molecule has 0 fully saturated rings. The number of allylic oxidation sites excluding steroid dienone is 1. The minimum atomic E-state index is -0.753. The van der Waals surface area contributed by atoms with Gasteiger partial charge in [-0.3, -0.25) is 0 Å². The second kappa shape index (κ2) is 7.21. The van der Waals surface area contributed by atoms with Crippen LogP contribution in [-0.2, 0) is 16.0 Å². The van der Waals surface area contributed by atoms with E-state index in [9.17, 15) is 9.18 Å². The minimum Gasteiger partial charge on any atom is -0.469 e. The van der Waals surface area contributed by atoms with Crippen LogP contribution >= 0.6 is 12.2 Å². The standard InChI is InChI=1S/C14H17FN2O3S/c1-9-12(11(8-15)17-14(21)16-9)13(18)20-7-3-5-10-4-2-6-19-10/h2,4,6,11H,3,5,7-8H2,1H3,(H2,16,17,21). The molecule has 0 amide bonds. The van der Waals surface area contributed by atoms with Crippen LogP contribution in [0.15, 0.2) is 34.1 Å². The summed E-state index contributed by atoms with van der Waals surface area (Å²) >= 11 is 4.93. The number of ether oxygens (including phenoxy) is 1. The van der Waals surface area contributed by atoms with E-state index in [-0.39, 0.29) is 12.2 Å². The van der Waals surface area contributed by atoms with Gasteiger partial charge in [0.15, 0.2) is 5.11 Å². The van der Waals surface area contributed by atoms with Crippen molar-refractivity contribution in [3.63, 3.8) is 0 Å². The molecule has 0 aromatic carbocycles. The maximum atomic E-state index is 13.0. The zero-order valence-electron chi connectivity index (χ0n) is 11.6. The van der Waals surface area contributed by atoms with Gasteiger partial charge in [0.25, 0.3) is 0 Å². The molecule has 2 N–H and O–H groups in total. The number of furan rings is 1. The summed E-state index contributed by atoms with van der Waals surface area (Å²) in [6.07, 6.45) is 2.93. The summed E-state index contributed by atoms with van der Waals surface area (Å²) < 4.78 is 23.4. The molecule has 0 bridgehead atoms. The SMILES string of the molecule is CC1=C(C(=O)OCCCc2ccco2)C(CF)NC(=S)N1. The molecule has 1 aromatic heterocycles. The zero-order valence-corrected chi connectivity index (χ0v) is 12.5. The topological polar surface area (TPSA) is 63.5 Å². The van der Waals surface area contributed by atoms with E-state index in [4.69, 9.17) is 21.4 Å². The number of halogens is 1. The molecule has 0 aliphatic carbocycles. The number of esters is 1. The van der Waals surface area contributed by atoms with Gasteiger partial charge in [-0.2, -0.15) is 0 Å². The van der Waals surface area contributed by atoms with Crippen molar-refractivity contribution in [2.24, 2.45) is 0 Å². The van der Waals surface area contributed by atoms with Crippen LogP contribution in [0.5, 0.6) is 0 Å². The maximum Gasteiger partial charge on any atom is 0.337 e. The smallest absolute Gasteiger partial charge is 0.337 e. The van der Waals surface area contributed by atoms with Gasteiger partial charge in [-0.25, -0.2) is 9.18 Å². The summed E-state index contributed by atoms with van der Waals surface area (Å²) in [5.74, 6) is 0.312. The Morgan fingerprint density at radius 1 is 1.57 bits per heavy atom. The summed E-state index contributed by atoms with van der Waals surface area (Å²) in [6.45, 7) is 1.20. The van der Waals surface area contributed by atoms with Crippen LogP contribution < -0.4 is 10.6 Å². The van der Waals surface area contributed by atoms with Gasteiger partial charge in [-0.1, -0.05) is 0 Å². The Balaban J connectivity index is 1.86. The molecule has 1 aliphatic heterocycles. The Morgan fingerprint density at radius 3 is 3.05 bits per heavy atom. The molecule has 0 saturated heterocycles. The van der Waals surface area contributed by atoms with Crippen molar-refractivity contribution in [1.82, 2.24) is 10.6 Å². The molecule has 2 rings (SSSR count). The van der Waals surface area contributed by atoms with E-state index in [0.29, 0.717) is 23.7 Å². The van der Waals surface area contributed by atoms with Crippen LogP contribution in [0, 0.1) is 0 Å². The summed E-state index contributed by atoms with van der Waals surface area (Å²) in [4.78, 5) is 12.1. The Morgan fingerprint density at radius 2 is 2.38 bits per heavy atom. The molecule has 1 aromatic rings. The van der Waals surface area contributed by atoms with E-state index in [1.54, 1.807) is 13.2 Å². The van der Waals surface area contributed by atoms with Crippen LogP contribution in [0.3, 0.4) is 0 Å². The van der Waals surface area contributed by atoms with Gasteiger partial charge in [0.2, 0.25) is 0 Å². The first kappa shape index (κ1) is 15.5. The summed E-state index contributed by atoms with van der Waals surface area (Å²) in [6, 6.07) is 2.92. The number of hydrogen-bond acceptors (Lipinski definition) is 4. The number of hydrogen-bond donors (Lipinski definition) is 2. The van der Waals surface area contributed by atoms with Gasteiger partial charge in [-0.05, 0) is 37.7 Å². The third kappa shape index (κ3) is 4.04. The second-order valence-electron chi connectivity index (χ2n) is 4.66. The molecule has 2 heterocycles. The number of carbonyl (C=O) groups excluding carboxylic acids is 1. The average molecular weight is 312 g/mol. The van der Waals surface area contributed by atoms with E-state index < -0.39 is 18.7 Å². The van der Waals surface area contributed by atoms with Gasteiger partial charge >= 0.3 is 5.97 Å². The van der Waals surface area contributed by atoms with E-state index in [0.717, 1.165) is 5.76 Å². The van der Waals surface area contributed by atoms with Crippen molar-refractivity contribution in [2.45, 2.75) is 25.8 Å². The largest absolute Gasteiger partial charge is 0.469 e. The van der Waals surface area contributed by atoms with E-state index >= 15 is 0 Å². The minimum absolute atomic E-state index is 0.250. The highest BCUT2D eigenvalue weighted by Crippen LogP contribution is 2.15. The van der Waals surface area contributed by atoms with Crippen LogP contribution in [0.25, 0.3) is 0 Å². The van der Waals surface area contributed by atoms with Crippen LogP contribution in [0.1, 0.15) is 19.1 Å². The molecular weight excluding hydrogens is 295 g/mol. The maximum absolute atomic E-state index is 13.0. The highest BCUT2D eigenvalue weighted by atomic mass is 32.1. The summed E-state index contributed by atoms with van der Waals surface area (Å²) in [7, 11) is 0. The predicted molar refractivity (Wildman–Crippen MR) is 79.3 cm³/mol. The van der Waals surface area contributed by atoms with Crippen LogP contribution in [0.2, 0.25) is 0 Å². The number of rotatable bonds is 6. The molecule has 0 spiro atoms. The third-order valence-corrected chi connectivity index (χ3v) is 3.33. The molecule has 1 atom stereocenters. The van der Waals surface area contributed by atoms with Crippen molar-refractivity contribution in [2.75, 3.05) is 13.3 Å². The average Bonchev–Trinajstić information content (AvgIpc) is 2.95.